The van der Waals surface area contributed by atoms with E-state index in [1.165, 1.54) is 59.4 Å². The molecule has 3 amide bonds. The lowest BCUT2D eigenvalue weighted by molar-refractivity contribution is -0.144. The molecule has 1 aliphatic rings. The lowest BCUT2D eigenvalue weighted by atomic mass is 9.93. The number of halogens is 3. The number of amides is 3. The molecule has 1 aliphatic heterocycles. The number of aromatic nitrogens is 1. The molecule has 1 N–H and O–H groups in total. The van der Waals surface area contributed by atoms with Crippen LogP contribution in [0.1, 0.15) is 54.2 Å². The molecule has 0 fully saturated rings. The summed E-state index contributed by atoms with van der Waals surface area (Å²) in [6, 6.07) is 13.6. The van der Waals surface area contributed by atoms with Crippen LogP contribution in [0.3, 0.4) is 0 Å². The first-order chi connectivity index (χ1) is 20.8. The minimum Gasteiger partial charge on any atom is -0.465 e. The Morgan fingerprint density at radius 2 is 1.66 bits per heavy atom. The van der Waals surface area contributed by atoms with Crippen molar-refractivity contribution in [3.8, 4) is 0 Å². The van der Waals surface area contributed by atoms with Crippen molar-refractivity contribution >= 4 is 29.4 Å². The van der Waals surface area contributed by atoms with Gasteiger partial charge in [0, 0.05) is 55.6 Å². The van der Waals surface area contributed by atoms with Gasteiger partial charge in [0.2, 0.25) is 11.8 Å². The van der Waals surface area contributed by atoms with Crippen LogP contribution in [0, 0.1) is 5.41 Å². The third-order valence-corrected chi connectivity index (χ3v) is 7.17. The predicted molar refractivity (Wildman–Crippen MR) is 155 cm³/mol. The van der Waals surface area contributed by atoms with E-state index >= 15 is 0 Å². The molecule has 0 bridgehead atoms. The van der Waals surface area contributed by atoms with Gasteiger partial charge in [-0.05, 0) is 35.4 Å². The Morgan fingerprint density at radius 3 is 2.34 bits per heavy atom. The van der Waals surface area contributed by atoms with E-state index in [-0.39, 0.29) is 30.8 Å². The van der Waals surface area contributed by atoms with Crippen molar-refractivity contribution in [2.75, 3.05) is 18.1 Å². The van der Waals surface area contributed by atoms with E-state index in [1.54, 1.807) is 24.3 Å². The highest BCUT2D eigenvalue weighted by molar-refractivity contribution is 6.05. The number of anilines is 1. The van der Waals surface area contributed by atoms with Gasteiger partial charge in [0.05, 0.1) is 18.6 Å². The lowest BCUT2D eigenvalue weighted by Gasteiger charge is -2.35. The molecule has 3 aromatic rings. The maximum absolute atomic E-state index is 14.3. The number of ether oxygens (including phenoxy) is 1. The molecule has 4 rings (SSSR count). The van der Waals surface area contributed by atoms with Crippen LogP contribution < -0.4 is 10.2 Å². The first-order valence-electron chi connectivity index (χ1n) is 13.9. The number of benzene rings is 2. The maximum atomic E-state index is 14.3. The number of para-hydroxylation sites is 1. The van der Waals surface area contributed by atoms with Crippen LogP contribution in [0.5, 0.6) is 0 Å². The SMILES string of the molecule is CC(=O)OCC(C)(C)CN1C(=O)C(CC(=O)NCc2ccccc2C(F)(F)F)N(C(=O)c2ccncc2)Cc2ccccc21. The number of fused-ring (bicyclic) bond motifs is 1. The second-order valence-electron chi connectivity index (χ2n) is 11.3. The van der Waals surface area contributed by atoms with Gasteiger partial charge >= 0.3 is 12.1 Å². The third kappa shape index (κ3) is 7.80. The van der Waals surface area contributed by atoms with Crippen LogP contribution in [0.15, 0.2) is 73.1 Å². The fourth-order valence-electron chi connectivity index (χ4n) is 5.03. The summed E-state index contributed by atoms with van der Waals surface area (Å²) in [5, 5.41) is 2.50. The van der Waals surface area contributed by atoms with Gasteiger partial charge in [0.1, 0.15) is 6.04 Å². The number of alkyl halides is 3. The predicted octanol–water partition coefficient (Wildman–Crippen LogP) is 4.75. The van der Waals surface area contributed by atoms with Crippen LogP contribution in [0.25, 0.3) is 0 Å². The van der Waals surface area contributed by atoms with Crippen LogP contribution in [0.4, 0.5) is 18.9 Å². The van der Waals surface area contributed by atoms with Gasteiger partial charge in [-0.3, -0.25) is 24.2 Å². The Kier molecular flexibility index (Phi) is 9.71. The van der Waals surface area contributed by atoms with Crippen molar-refractivity contribution in [2.45, 2.75) is 52.5 Å². The monoisotopic (exact) mass is 610 g/mol. The molecular formula is C32H33F3N4O5. The number of hydrogen-bond donors (Lipinski definition) is 1. The topological polar surface area (TPSA) is 109 Å². The zero-order valence-electron chi connectivity index (χ0n) is 24.6. The fourth-order valence-corrected chi connectivity index (χ4v) is 5.03. The minimum absolute atomic E-state index is 0.0116. The smallest absolute Gasteiger partial charge is 0.416 e. The number of esters is 1. The molecule has 44 heavy (non-hydrogen) atoms. The highest BCUT2D eigenvalue weighted by Gasteiger charge is 2.41. The summed E-state index contributed by atoms with van der Waals surface area (Å²) >= 11 is 0. The van der Waals surface area contributed by atoms with E-state index in [0.29, 0.717) is 11.3 Å². The molecule has 232 valence electrons. The molecule has 0 saturated carbocycles. The number of nitrogens with zero attached hydrogens (tertiary/aromatic N) is 3. The van der Waals surface area contributed by atoms with Crippen LogP contribution >= 0.6 is 0 Å². The summed E-state index contributed by atoms with van der Waals surface area (Å²) in [6.45, 7) is 4.58. The fraction of sp³-hybridized carbons (Fsp3) is 0.344. The second kappa shape index (κ2) is 13.3. The van der Waals surface area contributed by atoms with Gasteiger partial charge in [-0.25, -0.2) is 0 Å². The van der Waals surface area contributed by atoms with Gasteiger partial charge in [-0.15, -0.1) is 0 Å². The van der Waals surface area contributed by atoms with Crippen molar-refractivity contribution in [3.63, 3.8) is 0 Å². The summed E-state index contributed by atoms with van der Waals surface area (Å²) in [5.41, 5.74) is -0.300. The Balaban J connectivity index is 1.68. The normalized spacial score (nSPS) is 15.3. The number of carbonyl (C=O) groups is 4. The van der Waals surface area contributed by atoms with E-state index in [4.69, 9.17) is 4.74 Å². The molecule has 0 saturated heterocycles. The van der Waals surface area contributed by atoms with E-state index in [9.17, 15) is 32.3 Å². The lowest BCUT2D eigenvalue weighted by Crippen LogP contribution is -2.52. The molecule has 1 unspecified atom stereocenters. The average Bonchev–Trinajstić information content (AvgIpc) is 3.09. The van der Waals surface area contributed by atoms with Crippen molar-refractivity contribution in [2.24, 2.45) is 5.41 Å². The van der Waals surface area contributed by atoms with E-state index in [2.05, 4.69) is 10.3 Å². The van der Waals surface area contributed by atoms with Crippen molar-refractivity contribution in [3.05, 3.63) is 95.3 Å². The summed E-state index contributed by atoms with van der Waals surface area (Å²) in [5.74, 6) is -2.26. The maximum Gasteiger partial charge on any atom is 0.416 e. The molecule has 2 aromatic carbocycles. The van der Waals surface area contributed by atoms with Gasteiger partial charge in [0.15, 0.2) is 0 Å². The number of carbonyl (C=O) groups excluding carboxylic acids is 4. The number of pyridine rings is 1. The summed E-state index contributed by atoms with van der Waals surface area (Å²) in [6.07, 6.45) is -2.24. The van der Waals surface area contributed by atoms with Crippen LogP contribution in [-0.4, -0.2) is 52.8 Å². The van der Waals surface area contributed by atoms with Gasteiger partial charge in [-0.1, -0.05) is 50.2 Å². The molecule has 0 aliphatic carbocycles. The average molecular weight is 611 g/mol. The minimum atomic E-state index is -4.61. The summed E-state index contributed by atoms with van der Waals surface area (Å²) in [4.78, 5) is 59.7. The van der Waals surface area contributed by atoms with Crippen molar-refractivity contribution < 1.29 is 37.1 Å². The highest BCUT2D eigenvalue weighted by Crippen LogP contribution is 2.34. The van der Waals surface area contributed by atoms with Gasteiger partial charge in [0.25, 0.3) is 5.91 Å². The molecule has 2 heterocycles. The molecular weight excluding hydrogens is 577 g/mol. The van der Waals surface area contributed by atoms with Crippen LogP contribution in [0.2, 0.25) is 0 Å². The van der Waals surface area contributed by atoms with Gasteiger partial charge < -0.3 is 19.9 Å². The molecule has 12 heteroatoms. The second-order valence-corrected chi connectivity index (χ2v) is 11.3. The van der Waals surface area contributed by atoms with E-state index in [1.807, 2.05) is 13.8 Å². The first-order valence-corrected chi connectivity index (χ1v) is 13.9. The van der Waals surface area contributed by atoms with Crippen LogP contribution in [-0.2, 0) is 38.4 Å². The summed E-state index contributed by atoms with van der Waals surface area (Å²) < 4.78 is 45.8. The zero-order valence-corrected chi connectivity index (χ0v) is 24.6. The Morgan fingerprint density at radius 1 is 1.00 bits per heavy atom. The standard InChI is InChI=1S/C32H33F3N4O5/c1-21(40)44-20-31(2,3)19-39-26-11-7-5-9-24(26)18-38(29(42)22-12-14-36-15-13-22)27(30(39)43)16-28(41)37-17-23-8-4-6-10-25(23)32(33,34)35/h4-15,27H,16-20H2,1-3H3,(H,37,41). The third-order valence-electron chi connectivity index (χ3n) is 7.17. The van der Waals surface area contributed by atoms with Crippen molar-refractivity contribution in [1.82, 2.24) is 15.2 Å². The first kappa shape index (κ1) is 32.2. The van der Waals surface area contributed by atoms with Crippen molar-refractivity contribution in [1.29, 1.82) is 0 Å². The Bertz CT molecular complexity index is 1530. The largest absolute Gasteiger partial charge is 0.465 e. The van der Waals surface area contributed by atoms with E-state index < -0.39 is 59.9 Å². The van der Waals surface area contributed by atoms with Gasteiger partial charge in [-0.2, -0.15) is 13.2 Å². The zero-order chi connectivity index (χ0) is 32.1. The molecule has 9 nitrogen and oxygen atoms in total. The number of hydrogen-bond acceptors (Lipinski definition) is 6. The Labute approximate surface area is 253 Å². The molecule has 0 radical (unpaired) electrons. The molecule has 1 aromatic heterocycles. The highest BCUT2D eigenvalue weighted by atomic mass is 19.4. The molecule has 1 atom stereocenters. The van der Waals surface area contributed by atoms with E-state index in [0.717, 1.165) is 6.07 Å². The summed E-state index contributed by atoms with van der Waals surface area (Å²) in [7, 11) is 0. The molecule has 0 spiro atoms. The quantitative estimate of drug-likeness (QED) is 0.350. The number of rotatable bonds is 9. The number of nitrogens with one attached hydrogen (secondary N) is 1. The Hall–Kier alpha value is -4.74.